The fourth-order valence-corrected chi connectivity index (χ4v) is 2.64. The molecule has 0 bridgehead atoms. The highest BCUT2D eigenvalue weighted by Gasteiger charge is 2.18. The molecule has 5 nitrogen and oxygen atoms in total. The first-order valence-corrected chi connectivity index (χ1v) is 7.75. The van der Waals surface area contributed by atoms with Crippen LogP contribution in [0, 0.1) is 5.92 Å². The summed E-state index contributed by atoms with van der Waals surface area (Å²) in [6.07, 6.45) is 0. The number of thiophene rings is 1. The Morgan fingerprint density at radius 2 is 2.15 bits per heavy atom. The summed E-state index contributed by atoms with van der Waals surface area (Å²) >= 11 is 1.73. The molecule has 1 N–H and O–H groups in total. The normalized spacial score (nSPS) is 12.8. The first kappa shape index (κ1) is 15.0. The Hall–Kier alpha value is -1.40. The van der Waals surface area contributed by atoms with Crippen LogP contribution in [-0.2, 0) is 6.54 Å². The molecule has 0 saturated heterocycles. The molecule has 2 heterocycles. The van der Waals surface area contributed by atoms with Crippen LogP contribution >= 0.6 is 11.3 Å². The second-order valence-electron chi connectivity index (χ2n) is 5.31. The van der Waals surface area contributed by atoms with Gasteiger partial charge in [-0.05, 0) is 30.8 Å². The molecule has 110 valence electrons. The molecule has 20 heavy (non-hydrogen) atoms. The van der Waals surface area contributed by atoms with Crippen molar-refractivity contribution in [3.8, 4) is 0 Å². The van der Waals surface area contributed by atoms with Crippen LogP contribution in [0.15, 0.2) is 21.9 Å². The Morgan fingerprint density at radius 1 is 1.35 bits per heavy atom. The van der Waals surface area contributed by atoms with Crippen LogP contribution in [0.3, 0.4) is 0 Å². The SMILES string of the molecule is CC(C)CNCc1nnc(N(C)C(C)c2cccs2)o1. The highest BCUT2D eigenvalue weighted by Crippen LogP contribution is 2.27. The van der Waals surface area contributed by atoms with E-state index in [0.717, 1.165) is 6.54 Å². The predicted molar refractivity (Wildman–Crippen MR) is 82.0 cm³/mol. The number of hydrogen-bond acceptors (Lipinski definition) is 6. The summed E-state index contributed by atoms with van der Waals surface area (Å²) in [5, 5.41) is 13.6. The highest BCUT2D eigenvalue weighted by atomic mass is 32.1. The van der Waals surface area contributed by atoms with E-state index >= 15 is 0 Å². The Balaban J connectivity index is 1.94. The molecule has 0 spiro atoms. The van der Waals surface area contributed by atoms with Crippen molar-refractivity contribution < 1.29 is 4.42 Å². The summed E-state index contributed by atoms with van der Waals surface area (Å²) in [6.45, 7) is 8.03. The smallest absolute Gasteiger partial charge is 0.318 e. The van der Waals surface area contributed by atoms with Crippen LogP contribution in [-0.4, -0.2) is 23.8 Å². The minimum Gasteiger partial charge on any atom is -0.407 e. The average Bonchev–Trinajstić information content (AvgIpc) is 3.07. The Labute approximate surface area is 124 Å². The van der Waals surface area contributed by atoms with Crippen LogP contribution in [0.4, 0.5) is 6.01 Å². The zero-order chi connectivity index (χ0) is 14.5. The zero-order valence-electron chi connectivity index (χ0n) is 12.5. The number of nitrogens with one attached hydrogen (secondary N) is 1. The average molecular weight is 294 g/mol. The monoisotopic (exact) mass is 294 g/mol. The topological polar surface area (TPSA) is 54.2 Å². The summed E-state index contributed by atoms with van der Waals surface area (Å²) < 4.78 is 5.69. The summed E-state index contributed by atoms with van der Waals surface area (Å²) in [6, 6.07) is 4.96. The van der Waals surface area contributed by atoms with E-state index in [0.29, 0.717) is 24.4 Å². The molecule has 0 amide bonds. The maximum atomic E-state index is 5.69. The van der Waals surface area contributed by atoms with E-state index in [4.69, 9.17) is 4.42 Å². The van der Waals surface area contributed by atoms with Gasteiger partial charge in [0.15, 0.2) is 0 Å². The first-order chi connectivity index (χ1) is 9.58. The van der Waals surface area contributed by atoms with Gasteiger partial charge in [0, 0.05) is 11.9 Å². The number of anilines is 1. The van der Waals surface area contributed by atoms with Gasteiger partial charge in [0.2, 0.25) is 5.89 Å². The van der Waals surface area contributed by atoms with Crippen molar-refractivity contribution in [3.63, 3.8) is 0 Å². The van der Waals surface area contributed by atoms with Gasteiger partial charge in [-0.2, -0.15) is 0 Å². The van der Waals surface area contributed by atoms with E-state index in [1.807, 2.05) is 11.9 Å². The summed E-state index contributed by atoms with van der Waals surface area (Å²) in [5.41, 5.74) is 0. The lowest BCUT2D eigenvalue weighted by atomic mass is 10.2. The molecule has 0 radical (unpaired) electrons. The lowest BCUT2D eigenvalue weighted by molar-refractivity contribution is 0.445. The molecule has 0 saturated carbocycles. The van der Waals surface area contributed by atoms with E-state index < -0.39 is 0 Å². The molecule has 0 aliphatic carbocycles. The number of hydrogen-bond donors (Lipinski definition) is 1. The molecule has 0 aromatic carbocycles. The third-order valence-corrected chi connectivity index (χ3v) is 4.17. The molecule has 1 unspecified atom stereocenters. The second-order valence-corrected chi connectivity index (χ2v) is 6.28. The molecule has 0 aliphatic rings. The van der Waals surface area contributed by atoms with Crippen LogP contribution in [0.25, 0.3) is 0 Å². The van der Waals surface area contributed by atoms with Crippen molar-refractivity contribution in [2.75, 3.05) is 18.5 Å². The van der Waals surface area contributed by atoms with Gasteiger partial charge in [0.05, 0.1) is 12.6 Å². The van der Waals surface area contributed by atoms with Gasteiger partial charge < -0.3 is 14.6 Å². The maximum Gasteiger partial charge on any atom is 0.318 e. The third kappa shape index (κ3) is 3.80. The fraction of sp³-hybridized carbons (Fsp3) is 0.571. The molecule has 6 heteroatoms. The minimum atomic E-state index is 0.229. The Bertz CT molecular complexity index is 509. The van der Waals surface area contributed by atoms with E-state index in [1.165, 1.54) is 4.88 Å². The highest BCUT2D eigenvalue weighted by molar-refractivity contribution is 7.10. The van der Waals surface area contributed by atoms with Crippen molar-refractivity contribution in [2.45, 2.75) is 33.4 Å². The maximum absolute atomic E-state index is 5.69. The molecule has 1 atom stereocenters. The molecular weight excluding hydrogens is 272 g/mol. The third-order valence-electron chi connectivity index (χ3n) is 3.12. The quantitative estimate of drug-likeness (QED) is 0.850. The summed E-state index contributed by atoms with van der Waals surface area (Å²) in [4.78, 5) is 3.29. The number of aromatic nitrogens is 2. The van der Waals surface area contributed by atoms with Gasteiger partial charge >= 0.3 is 6.01 Å². The van der Waals surface area contributed by atoms with E-state index in [-0.39, 0.29) is 6.04 Å². The van der Waals surface area contributed by atoms with Gasteiger partial charge in [-0.25, -0.2) is 0 Å². The van der Waals surface area contributed by atoms with E-state index in [2.05, 4.69) is 53.8 Å². The van der Waals surface area contributed by atoms with Crippen LogP contribution in [0.1, 0.15) is 37.6 Å². The van der Waals surface area contributed by atoms with Gasteiger partial charge in [0.25, 0.3) is 0 Å². The van der Waals surface area contributed by atoms with Gasteiger partial charge in [-0.1, -0.05) is 25.0 Å². The minimum absolute atomic E-state index is 0.229. The van der Waals surface area contributed by atoms with Crippen molar-refractivity contribution in [1.29, 1.82) is 0 Å². The van der Waals surface area contributed by atoms with Gasteiger partial charge in [-0.15, -0.1) is 16.4 Å². The predicted octanol–water partition coefficient (Wildman–Crippen LogP) is 3.07. The number of nitrogens with zero attached hydrogens (tertiary/aromatic N) is 3. The molecule has 0 fully saturated rings. The van der Waals surface area contributed by atoms with Gasteiger partial charge in [-0.3, -0.25) is 0 Å². The van der Waals surface area contributed by atoms with Crippen molar-refractivity contribution in [1.82, 2.24) is 15.5 Å². The zero-order valence-corrected chi connectivity index (χ0v) is 13.3. The first-order valence-electron chi connectivity index (χ1n) is 6.87. The lowest BCUT2D eigenvalue weighted by Gasteiger charge is -2.21. The number of rotatable bonds is 7. The van der Waals surface area contributed by atoms with Crippen molar-refractivity contribution in [3.05, 3.63) is 28.3 Å². The van der Waals surface area contributed by atoms with Crippen LogP contribution < -0.4 is 10.2 Å². The van der Waals surface area contributed by atoms with E-state index in [9.17, 15) is 0 Å². The summed E-state index contributed by atoms with van der Waals surface area (Å²) in [5.74, 6) is 1.24. The Kier molecular flexibility index (Phi) is 5.14. The second kappa shape index (κ2) is 6.85. The molecular formula is C14H22N4OS. The largest absolute Gasteiger partial charge is 0.407 e. The van der Waals surface area contributed by atoms with Crippen LogP contribution in [0.2, 0.25) is 0 Å². The van der Waals surface area contributed by atoms with Crippen molar-refractivity contribution >= 4 is 17.4 Å². The van der Waals surface area contributed by atoms with E-state index in [1.54, 1.807) is 11.3 Å². The molecule has 0 aliphatic heterocycles. The van der Waals surface area contributed by atoms with Gasteiger partial charge in [0.1, 0.15) is 0 Å². The summed E-state index contributed by atoms with van der Waals surface area (Å²) in [7, 11) is 1.98. The standard InChI is InChI=1S/C14H22N4OS/c1-10(2)8-15-9-13-16-17-14(19-13)18(4)11(3)12-6-5-7-20-12/h5-7,10-11,15H,8-9H2,1-4H3. The molecule has 2 aromatic heterocycles. The van der Waals surface area contributed by atoms with Crippen LogP contribution in [0.5, 0.6) is 0 Å². The van der Waals surface area contributed by atoms with Crippen molar-refractivity contribution in [2.24, 2.45) is 5.92 Å². The molecule has 2 aromatic rings. The fourth-order valence-electron chi connectivity index (χ4n) is 1.81. The lowest BCUT2D eigenvalue weighted by Crippen LogP contribution is -2.21. The Morgan fingerprint density at radius 3 is 2.80 bits per heavy atom. The molecule has 2 rings (SSSR count).